The van der Waals surface area contributed by atoms with E-state index in [4.69, 9.17) is 0 Å². The van der Waals surface area contributed by atoms with Crippen LogP contribution in [0.2, 0.25) is 0 Å². The minimum absolute atomic E-state index is 0.273. The van der Waals surface area contributed by atoms with Gasteiger partial charge in [0.05, 0.1) is 10.9 Å². The third-order valence-electron chi connectivity index (χ3n) is 6.71. The molecule has 0 radical (unpaired) electrons. The van der Waals surface area contributed by atoms with Crippen molar-refractivity contribution >= 4 is 44.1 Å². The van der Waals surface area contributed by atoms with Crippen molar-refractivity contribution in [3.8, 4) is 11.3 Å². The van der Waals surface area contributed by atoms with Crippen molar-refractivity contribution in [1.29, 1.82) is 0 Å². The molecule has 0 amide bonds. The van der Waals surface area contributed by atoms with Crippen LogP contribution in [-0.2, 0) is 13.5 Å². The maximum absolute atomic E-state index is 2.44. The van der Waals surface area contributed by atoms with E-state index in [0.29, 0.717) is 0 Å². The summed E-state index contributed by atoms with van der Waals surface area (Å²) in [6.45, 7) is 9.24. The van der Waals surface area contributed by atoms with Gasteiger partial charge in [0, 0.05) is 15.9 Å². The molecule has 0 fully saturated rings. The zero-order valence-electron chi connectivity index (χ0n) is 19.4. The maximum atomic E-state index is 2.44. The summed E-state index contributed by atoms with van der Waals surface area (Å²) in [5.41, 5.74) is 5.80. The first-order valence-electron chi connectivity index (χ1n) is 11.4. The summed E-state index contributed by atoms with van der Waals surface area (Å²) in [4.78, 5) is 2.77. The number of nitrogens with zero attached hydrogens (tertiary/aromatic N) is 1. The molecule has 1 aliphatic heterocycles. The Labute approximate surface area is 194 Å². The quantitative estimate of drug-likeness (QED) is 0.187. The third-order valence-corrected chi connectivity index (χ3v) is 7.88. The van der Waals surface area contributed by atoms with Gasteiger partial charge in [-0.2, -0.15) is 0 Å². The Morgan fingerprint density at radius 3 is 2.44 bits per heavy atom. The molecular formula is C30H28NS+. The summed E-state index contributed by atoms with van der Waals surface area (Å²) < 4.78 is 2.32. The lowest BCUT2D eigenvalue weighted by Gasteiger charge is -2.23. The van der Waals surface area contributed by atoms with Crippen LogP contribution in [0.15, 0.2) is 76.7 Å². The van der Waals surface area contributed by atoms with Gasteiger partial charge in [-0.15, -0.1) is 0 Å². The molecule has 0 N–H and O–H groups in total. The van der Waals surface area contributed by atoms with E-state index < -0.39 is 0 Å². The number of fused-ring (bicyclic) bond motifs is 5. The fraction of sp³-hybridized carbons (Fsp3) is 0.233. The van der Waals surface area contributed by atoms with Crippen LogP contribution in [0.5, 0.6) is 0 Å². The van der Waals surface area contributed by atoms with E-state index in [-0.39, 0.29) is 5.41 Å². The van der Waals surface area contributed by atoms with E-state index in [1.54, 1.807) is 0 Å². The Hall–Kier alpha value is -2.84. The van der Waals surface area contributed by atoms with E-state index in [1.807, 2.05) is 11.8 Å². The van der Waals surface area contributed by atoms with Crippen LogP contribution in [0, 0.1) is 12.3 Å². The molecule has 1 aliphatic rings. The molecule has 0 atom stereocenters. The lowest BCUT2D eigenvalue weighted by molar-refractivity contribution is -0.659. The fourth-order valence-electron chi connectivity index (χ4n) is 5.36. The van der Waals surface area contributed by atoms with E-state index in [0.717, 1.165) is 6.42 Å². The first-order valence-corrected chi connectivity index (χ1v) is 12.2. The number of benzene rings is 4. The van der Waals surface area contributed by atoms with Crippen LogP contribution in [0.1, 0.15) is 31.9 Å². The molecule has 1 aromatic heterocycles. The molecule has 5 aromatic rings. The minimum Gasteiger partial charge on any atom is -0.200 e. The van der Waals surface area contributed by atoms with Crippen LogP contribution in [-0.4, -0.2) is 0 Å². The SMILES string of the molecule is Cc1c2c(cc3ccccc13)Sc1c3cc(CC(C)(C)C)ccc3cc3cc[n+](C)c-2c13. The zero-order chi connectivity index (χ0) is 22.2. The standard InChI is InChI=1S/C30H28NS/c1-18-23-9-7-6-8-20(23)16-25-26(18)28-27-22(12-13-31(28)5)15-21-11-10-19(17-30(2,3)4)14-24(21)29(27)32-25/h6-16H,17H2,1-5H3/q+1. The highest BCUT2D eigenvalue weighted by Crippen LogP contribution is 2.51. The second-order valence-corrected chi connectivity index (χ2v) is 11.5. The number of aromatic nitrogens is 1. The van der Waals surface area contributed by atoms with Crippen molar-refractivity contribution in [3.05, 3.63) is 78.0 Å². The number of hydrogen-bond acceptors (Lipinski definition) is 1. The van der Waals surface area contributed by atoms with Crippen molar-refractivity contribution in [1.82, 2.24) is 0 Å². The van der Waals surface area contributed by atoms with Gasteiger partial charge in [0.1, 0.15) is 7.05 Å². The van der Waals surface area contributed by atoms with Crippen molar-refractivity contribution < 1.29 is 4.57 Å². The molecule has 2 heterocycles. The van der Waals surface area contributed by atoms with Crippen LogP contribution in [0.3, 0.4) is 0 Å². The number of rotatable bonds is 1. The molecule has 158 valence electrons. The molecule has 0 saturated heterocycles. The average molecular weight is 435 g/mol. The van der Waals surface area contributed by atoms with E-state index >= 15 is 0 Å². The van der Waals surface area contributed by atoms with Crippen LogP contribution in [0.25, 0.3) is 43.6 Å². The van der Waals surface area contributed by atoms with Crippen molar-refractivity contribution in [2.75, 3.05) is 0 Å². The smallest absolute Gasteiger partial charge is 0.200 e. The Morgan fingerprint density at radius 1 is 0.844 bits per heavy atom. The molecule has 0 aliphatic carbocycles. The van der Waals surface area contributed by atoms with Gasteiger partial charge < -0.3 is 0 Å². The summed E-state index contributed by atoms with van der Waals surface area (Å²) in [5, 5.41) is 8.11. The first kappa shape index (κ1) is 19.8. The zero-order valence-corrected chi connectivity index (χ0v) is 20.2. The van der Waals surface area contributed by atoms with Gasteiger partial charge >= 0.3 is 0 Å². The average Bonchev–Trinajstić information content (AvgIpc) is 2.75. The molecule has 32 heavy (non-hydrogen) atoms. The Balaban J connectivity index is 1.73. The van der Waals surface area contributed by atoms with E-state index in [2.05, 4.69) is 106 Å². The Bertz CT molecular complexity index is 1570. The highest BCUT2D eigenvalue weighted by atomic mass is 32.2. The Kier molecular flexibility index (Phi) is 4.23. The summed E-state index contributed by atoms with van der Waals surface area (Å²) >= 11 is 1.96. The summed E-state index contributed by atoms with van der Waals surface area (Å²) in [5.74, 6) is 0. The van der Waals surface area contributed by atoms with Gasteiger partial charge in [0.2, 0.25) is 5.69 Å². The predicted molar refractivity (Wildman–Crippen MR) is 138 cm³/mol. The number of hydrogen-bond donors (Lipinski definition) is 0. The molecule has 0 bridgehead atoms. The van der Waals surface area contributed by atoms with Gasteiger partial charge in [-0.3, -0.25) is 0 Å². The highest BCUT2D eigenvalue weighted by molar-refractivity contribution is 8.00. The fourth-order valence-corrected chi connectivity index (χ4v) is 6.72. The molecule has 0 unspecified atom stereocenters. The van der Waals surface area contributed by atoms with E-state index in [9.17, 15) is 0 Å². The molecule has 4 aromatic carbocycles. The van der Waals surface area contributed by atoms with Crippen LogP contribution >= 0.6 is 11.8 Å². The van der Waals surface area contributed by atoms with Crippen LogP contribution in [0.4, 0.5) is 0 Å². The third kappa shape index (κ3) is 2.97. The molecule has 2 heteroatoms. The van der Waals surface area contributed by atoms with Gasteiger partial charge in [-0.25, -0.2) is 4.57 Å². The molecule has 0 spiro atoms. The monoisotopic (exact) mass is 434 g/mol. The molecule has 0 saturated carbocycles. The van der Waals surface area contributed by atoms with Crippen molar-refractivity contribution in [3.63, 3.8) is 0 Å². The van der Waals surface area contributed by atoms with E-state index in [1.165, 1.54) is 64.5 Å². The van der Waals surface area contributed by atoms with Crippen molar-refractivity contribution in [2.24, 2.45) is 12.5 Å². The summed E-state index contributed by atoms with van der Waals surface area (Å²) in [6, 6.07) is 22.9. The maximum Gasteiger partial charge on any atom is 0.222 e. The van der Waals surface area contributed by atoms with Crippen LogP contribution < -0.4 is 4.57 Å². The molecule has 6 rings (SSSR count). The summed E-state index contributed by atoms with van der Waals surface area (Å²) in [7, 11) is 2.19. The second kappa shape index (κ2) is 6.83. The summed E-state index contributed by atoms with van der Waals surface area (Å²) in [6.07, 6.45) is 3.30. The highest BCUT2D eigenvalue weighted by Gasteiger charge is 2.30. The first-order chi connectivity index (χ1) is 15.3. The largest absolute Gasteiger partial charge is 0.222 e. The molecular weight excluding hydrogens is 406 g/mol. The van der Waals surface area contributed by atoms with Gasteiger partial charge in [-0.05, 0) is 75.0 Å². The Morgan fingerprint density at radius 2 is 1.62 bits per heavy atom. The van der Waals surface area contributed by atoms with Crippen molar-refractivity contribution in [2.45, 2.75) is 43.9 Å². The minimum atomic E-state index is 0.273. The van der Waals surface area contributed by atoms with Gasteiger partial charge in [0.25, 0.3) is 0 Å². The predicted octanol–water partition coefficient (Wildman–Crippen LogP) is 8.00. The topological polar surface area (TPSA) is 3.88 Å². The number of pyridine rings is 1. The van der Waals surface area contributed by atoms with Gasteiger partial charge in [0.15, 0.2) is 6.20 Å². The normalized spacial score (nSPS) is 13.2. The van der Waals surface area contributed by atoms with Gasteiger partial charge in [-0.1, -0.05) is 68.9 Å². The lowest BCUT2D eigenvalue weighted by Crippen LogP contribution is -2.31. The molecule has 1 nitrogen and oxygen atoms in total. The lowest BCUT2D eigenvalue weighted by atomic mass is 9.87. The number of aryl methyl sites for hydroxylation is 2. The second-order valence-electron chi connectivity index (χ2n) is 10.4.